The lowest BCUT2D eigenvalue weighted by atomic mass is 9.82. The number of thiophene rings is 1. The minimum Gasteiger partial charge on any atom is -0.490 e. The van der Waals surface area contributed by atoms with Crippen LogP contribution < -0.4 is 24.4 Å². The van der Waals surface area contributed by atoms with Crippen LogP contribution >= 0.6 is 35.2 Å². The van der Waals surface area contributed by atoms with Gasteiger partial charge in [0.25, 0.3) is 0 Å². The molecule has 0 saturated heterocycles. The third-order valence-corrected chi connectivity index (χ3v) is 7.08. The Kier molecular flexibility index (Phi) is 3.75. The molecule has 6 rings (SSSR count). The first-order valence-electron chi connectivity index (χ1n) is 9.14. The molecule has 1 atom stereocenters. The van der Waals surface area contributed by atoms with Crippen molar-refractivity contribution in [3.8, 4) is 17.2 Å². The lowest BCUT2D eigenvalue weighted by Crippen LogP contribution is -2.57. The van der Waals surface area contributed by atoms with Gasteiger partial charge in [0.05, 0.1) is 10.9 Å². The van der Waals surface area contributed by atoms with Crippen LogP contribution in [0.1, 0.15) is 16.0 Å². The molecule has 1 spiro atoms. The predicted octanol–water partition coefficient (Wildman–Crippen LogP) is 4.66. The average Bonchev–Trinajstić information content (AvgIpc) is 3.43. The zero-order valence-corrected chi connectivity index (χ0v) is 17.5. The van der Waals surface area contributed by atoms with Crippen molar-refractivity contribution in [2.75, 3.05) is 18.3 Å². The van der Waals surface area contributed by atoms with E-state index in [2.05, 4.69) is 22.3 Å². The summed E-state index contributed by atoms with van der Waals surface area (Å²) in [5.74, 6) is 2.23. The second kappa shape index (κ2) is 6.26. The molecule has 1 N–H and O–H groups in total. The molecule has 146 valence electrons. The fourth-order valence-corrected chi connectivity index (χ4v) is 5.63. The number of thiocarbonyl (C=S) groups is 1. The van der Waals surface area contributed by atoms with Gasteiger partial charge in [-0.05, 0) is 36.5 Å². The van der Waals surface area contributed by atoms with Gasteiger partial charge in [0.2, 0.25) is 6.79 Å². The van der Waals surface area contributed by atoms with Gasteiger partial charge in [0.1, 0.15) is 17.9 Å². The summed E-state index contributed by atoms with van der Waals surface area (Å²) in [5.41, 5.74) is 2.63. The molecule has 0 fully saturated rings. The molecule has 3 aliphatic heterocycles. The SMILES string of the molecule is S=C1NC2(COc3cc4c(cc32)OCO4)c2ccccc2N1Cc1ccc(Cl)s1. The summed E-state index contributed by atoms with van der Waals surface area (Å²) in [6.07, 6.45) is 0. The van der Waals surface area contributed by atoms with E-state index in [1.807, 2.05) is 36.4 Å². The Balaban J connectivity index is 1.48. The molecule has 1 unspecified atom stereocenters. The van der Waals surface area contributed by atoms with Crippen LogP contribution in [0.3, 0.4) is 0 Å². The van der Waals surface area contributed by atoms with Crippen LogP contribution in [0, 0.1) is 0 Å². The molecule has 3 aromatic rings. The highest BCUT2D eigenvalue weighted by molar-refractivity contribution is 7.80. The lowest BCUT2D eigenvalue weighted by molar-refractivity contribution is 0.173. The fourth-order valence-electron chi connectivity index (χ4n) is 4.21. The standard InChI is InChI=1S/C21H15ClN2O3S2/c22-19-6-5-12(29-19)9-24-15-4-2-1-3-13(15)21(23-20(24)28)10-25-16-8-18-17(7-14(16)21)26-11-27-18/h1-8H,9-11H2,(H,23,28). The van der Waals surface area contributed by atoms with Crippen LogP contribution in [0.25, 0.3) is 0 Å². The number of rotatable bonds is 2. The smallest absolute Gasteiger partial charge is 0.231 e. The minimum absolute atomic E-state index is 0.227. The van der Waals surface area contributed by atoms with Crippen molar-refractivity contribution in [2.45, 2.75) is 12.1 Å². The molecular formula is C21H15ClN2O3S2. The minimum atomic E-state index is -0.562. The van der Waals surface area contributed by atoms with Gasteiger partial charge >= 0.3 is 0 Å². The van der Waals surface area contributed by atoms with Gasteiger partial charge in [-0.3, -0.25) is 0 Å². The van der Waals surface area contributed by atoms with Gasteiger partial charge in [-0.2, -0.15) is 0 Å². The number of nitrogens with one attached hydrogen (secondary N) is 1. The van der Waals surface area contributed by atoms with E-state index >= 15 is 0 Å². The van der Waals surface area contributed by atoms with Gasteiger partial charge in [-0.15, -0.1) is 11.3 Å². The Morgan fingerprint density at radius 1 is 1.03 bits per heavy atom. The molecule has 5 nitrogen and oxygen atoms in total. The predicted molar refractivity (Wildman–Crippen MR) is 117 cm³/mol. The maximum atomic E-state index is 6.13. The Bertz CT molecular complexity index is 1160. The summed E-state index contributed by atoms with van der Waals surface area (Å²) < 4.78 is 18.0. The quantitative estimate of drug-likeness (QED) is 0.582. The Labute approximate surface area is 181 Å². The maximum absolute atomic E-state index is 6.13. The highest BCUT2D eigenvalue weighted by Crippen LogP contribution is 2.51. The number of fused-ring (bicyclic) bond motifs is 5. The van der Waals surface area contributed by atoms with Crippen LogP contribution in [-0.4, -0.2) is 18.5 Å². The molecule has 1 aromatic heterocycles. The zero-order chi connectivity index (χ0) is 19.6. The first kappa shape index (κ1) is 17.4. The van der Waals surface area contributed by atoms with Gasteiger partial charge in [0.15, 0.2) is 16.6 Å². The van der Waals surface area contributed by atoms with Crippen LogP contribution in [0.4, 0.5) is 5.69 Å². The van der Waals surface area contributed by atoms with E-state index in [4.69, 9.17) is 38.0 Å². The Morgan fingerprint density at radius 2 is 1.86 bits per heavy atom. The first-order valence-corrected chi connectivity index (χ1v) is 10.7. The third kappa shape index (κ3) is 2.54. The number of halogens is 1. The third-order valence-electron chi connectivity index (χ3n) is 5.54. The summed E-state index contributed by atoms with van der Waals surface area (Å²) in [7, 11) is 0. The Hall–Kier alpha value is -2.48. The fraction of sp³-hybridized carbons (Fsp3) is 0.190. The number of benzene rings is 2. The van der Waals surface area contributed by atoms with Gasteiger partial charge in [-0.1, -0.05) is 29.8 Å². The molecule has 29 heavy (non-hydrogen) atoms. The van der Waals surface area contributed by atoms with Crippen LogP contribution in [-0.2, 0) is 12.1 Å². The molecule has 8 heteroatoms. The lowest BCUT2D eigenvalue weighted by Gasteiger charge is -2.42. The molecule has 0 saturated carbocycles. The van der Waals surface area contributed by atoms with E-state index in [1.54, 1.807) is 11.3 Å². The first-order chi connectivity index (χ1) is 14.1. The highest BCUT2D eigenvalue weighted by atomic mass is 35.5. The normalized spacial score (nSPS) is 21.0. The van der Waals surface area contributed by atoms with E-state index in [-0.39, 0.29) is 6.79 Å². The van der Waals surface area contributed by atoms with Gasteiger partial charge < -0.3 is 24.4 Å². The van der Waals surface area contributed by atoms with Crippen molar-refractivity contribution in [1.82, 2.24) is 5.32 Å². The van der Waals surface area contributed by atoms with Crippen molar-refractivity contribution in [3.05, 3.63) is 68.9 Å². The summed E-state index contributed by atoms with van der Waals surface area (Å²) in [6.45, 7) is 1.33. The average molecular weight is 443 g/mol. The molecular weight excluding hydrogens is 428 g/mol. The second-order valence-corrected chi connectivity index (χ2v) is 9.32. The molecule has 0 bridgehead atoms. The van der Waals surface area contributed by atoms with Crippen molar-refractivity contribution < 1.29 is 14.2 Å². The largest absolute Gasteiger partial charge is 0.490 e. The molecule has 0 aliphatic carbocycles. The number of anilines is 1. The summed E-state index contributed by atoms with van der Waals surface area (Å²) >= 11 is 13.5. The zero-order valence-electron chi connectivity index (χ0n) is 15.1. The molecule has 4 heterocycles. The topological polar surface area (TPSA) is 43.0 Å². The van der Waals surface area contributed by atoms with E-state index in [1.165, 1.54) is 0 Å². The van der Waals surface area contributed by atoms with E-state index < -0.39 is 5.54 Å². The molecule has 2 aromatic carbocycles. The molecule has 3 aliphatic rings. The number of nitrogens with zero attached hydrogens (tertiary/aromatic N) is 1. The van der Waals surface area contributed by atoms with Crippen LogP contribution in [0.5, 0.6) is 17.2 Å². The highest BCUT2D eigenvalue weighted by Gasteiger charge is 2.49. The summed E-state index contributed by atoms with van der Waals surface area (Å²) in [6, 6.07) is 16.2. The molecule has 0 radical (unpaired) electrons. The van der Waals surface area contributed by atoms with Crippen molar-refractivity contribution in [3.63, 3.8) is 0 Å². The van der Waals surface area contributed by atoms with Crippen LogP contribution in [0.15, 0.2) is 48.5 Å². The summed E-state index contributed by atoms with van der Waals surface area (Å²) in [4.78, 5) is 3.26. The van der Waals surface area contributed by atoms with Gasteiger partial charge in [0, 0.05) is 27.8 Å². The van der Waals surface area contributed by atoms with Crippen molar-refractivity contribution in [2.24, 2.45) is 0 Å². The van der Waals surface area contributed by atoms with Crippen LogP contribution in [0.2, 0.25) is 4.34 Å². The number of hydrogen-bond donors (Lipinski definition) is 1. The van der Waals surface area contributed by atoms with E-state index in [9.17, 15) is 0 Å². The number of hydrogen-bond acceptors (Lipinski definition) is 5. The second-order valence-electron chi connectivity index (χ2n) is 7.13. The van der Waals surface area contributed by atoms with Gasteiger partial charge in [-0.25, -0.2) is 0 Å². The number of para-hydroxylation sites is 1. The summed E-state index contributed by atoms with van der Waals surface area (Å²) in [5, 5.41) is 4.24. The Morgan fingerprint density at radius 3 is 2.69 bits per heavy atom. The number of ether oxygens (including phenoxy) is 3. The molecule has 0 amide bonds. The van der Waals surface area contributed by atoms with Crippen molar-refractivity contribution in [1.29, 1.82) is 0 Å². The maximum Gasteiger partial charge on any atom is 0.231 e. The van der Waals surface area contributed by atoms with E-state index in [0.717, 1.165) is 37.5 Å². The monoisotopic (exact) mass is 442 g/mol. The van der Waals surface area contributed by atoms with Crippen molar-refractivity contribution >= 4 is 46.0 Å². The van der Waals surface area contributed by atoms with E-state index in [0.29, 0.717) is 24.0 Å².